The number of piperidine rings is 1. The Hall–Kier alpha value is -2.97. The summed E-state index contributed by atoms with van der Waals surface area (Å²) in [5, 5.41) is 2.66. The first kappa shape index (κ1) is 21.7. The Labute approximate surface area is 174 Å². The minimum Gasteiger partial charge on any atom is -0.433 e. The summed E-state index contributed by atoms with van der Waals surface area (Å²) in [6.45, 7) is 4.83. The third-order valence-corrected chi connectivity index (χ3v) is 5.80. The molecule has 30 heavy (non-hydrogen) atoms. The van der Waals surface area contributed by atoms with Crippen LogP contribution < -0.4 is 5.32 Å². The number of carbonyl (C=O) groups excluding carboxylic acids is 4. The van der Waals surface area contributed by atoms with Crippen molar-refractivity contribution in [2.75, 3.05) is 26.7 Å². The number of hydrogen-bond donors (Lipinski definition) is 1. The molecule has 4 amide bonds. The molecule has 2 saturated heterocycles. The molecule has 0 saturated carbocycles. The summed E-state index contributed by atoms with van der Waals surface area (Å²) in [6.07, 6.45) is -0.430. The van der Waals surface area contributed by atoms with Gasteiger partial charge in [-0.05, 0) is 50.5 Å². The molecule has 2 atom stereocenters. The van der Waals surface area contributed by atoms with Crippen LogP contribution >= 0.6 is 0 Å². The molecule has 0 spiro atoms. The third-order valence-electron chi connectivity index (χ3n) is 5.80. The third kappa shape index (κ3) is 4.01. The van der Waals surface area contributed by atoms with E-state index in [1.165, 1.54) is 26.0 Å². The summed E-state index contributed by atoms with van der Waals surface area (Å²) in [6, 6.07) is 4.38. The highest BCUT2D eigenvalue weighted by Gasteiger charge is 2.48. The van der Waals surface area contributed by atoms with E-state index in [0.717, 1.165) is 10.5 Å². The van der Waals surface area contributed by atoms with Gasteiger partial charge in [-0.15, -0.1) is 0 Å². The molecule has 0 aliphatic carbocycles. The van der Waals surface area contributed by atoms with Gasteiger partial charge in [-0.25, -0.2) is 14.1 Å². The maximum Gasteiger partial charge on any atom is 0.418 e. The van der Waals surface area contributed by atoms with Crippen LogP contribution in [0.1, 0.15) is 37.3 Å². The van der Waals surface area contributed by atoms with Crippen molar-refractivity contribution in [3.8, 4) is 0 Å². The van der Waals surface area contributed by atoms with Crippen LogP contribution in [0.2, 0.25) is 0 Å². The fraction of sp³-hybridized carbons (Fsp3) is 0.524. The molecule has 2 aliphatic heterocycles. The van der Waals surface area contributed by atoms with Crippen LogP contribution in [0.3, 0.4) is 0 Å². The lowest BCUT2D eigenvalue weighted by Crippen LogP contribution is -2.50. The number of likely N-dealkylation sites (tertiary alicyclic amines) is 1. The van der Waals surface area contributed by atoms with Crippen LogP contribution in [-0.4, -0.2) is 65.9 Å². The van der Waals surface area contributed by atoms with E-state index >= 15 is 0 Å². The standard InChI is InChI=1S/C21H26FN3O5/c1-12-9-13(22)5-6-14(12)16-10-24(8-7-15(16)18(27)23-4)17(26)11-25-19(28)21(2,3)30-20(25)29/h5-6,9,15-16H,7-8,10-11H2,1-4H3,(H,23,27). The van der Waals surface area contributed by atoms with E-state index in [1.807, 2.05) is 0 Å². The van der Waals surface area contributed by atoms with Gasteiger partial charge >= 0.3 is 6.09 Å². The normalized spacial score (nSPS) is 23.4. The number of ether oxygens (including phenoxy) is 1. The van der Waals surface area contributed by atoms with Gasteiger partial charge in [0.2, 0.25) is 11.8 Å². The van der Waals surface area contributed by atoms with E-state index in [2.05, 4.69) is 5.32 Å². The molecule has 1 aromatic carbocycles. The van der Waals surface area contributed by atoms with Gasteiger partial charge in [-0.1, -0.05) is 6.07 Å². The van der Waals surface area contributed by atoms with E-state index < -0.39 is 30.1 Å². The fourth-order valence-corrected chi connectivity index (χ4v) is 4.14. The molecule has 2 aliphatic rings. The van der Waals surface area contributed by atoms with Crippen LogP contribution in [0.25, 0.3) is 0 Å². The predicted molar refractivity (Wildman–Crippen MR) is 105 cm³/mol. The van der Waals surface area contributed by atoms with Crippen molar-refractivity contribution in [3.63, 3.8) is 0 Å². The number of rotatable bonds is 4. The highest BCUT2D eigenvalue weighted by molar-refractivity contribution is 6.04. The van der Waals surface area contributed by atoms with Crippen molar-refractivity contribution in [1.29, 1.82) is 0 Å². The first-order valence-electron chi connectivity index (χ1n) is 9.85. The van der Waals surface area contributed by atoms with Gasteiger partial charge in [0.25, 0.3) is 5.91 Å². The number of imide groups is 1. The van der Waals surface area contributed by atoms with Gasteiger partial charge < -0.3 is 15.0 Å². The van der Waals surface area contributed by atoms with E-state index in [4.69, 9.17) is 4.74 Å². The Morgan fingerprint density at radius 3 is 2.57 bits per heavy atom. The lowest BCUT2D eigenvalue weighted by molar-refractivity contribution is -0.141. The number of nitrogens with zero attached hydrogens (tertiary/aromatic N) is 2. The largest absolute Gasteiger partial charge is 0.433 e. The minimum atomic E-state index is -1.29. The van der Waals surface area contributed by atoms with Crippen LogP contribution in [0.4, 0.5) is 9.18 Å². The summed E-state index contributed by atoms with van der Waals surface area (Å²) in [7, 11) is 1.56. The number of benzene rings is 1. The number of halogens is 1. The van der Waals surface area contributed by atoms with Crippen molar-refractivity contribution < 1.29 is 28.3 Å². The lowest BCUT2D eigenvalue weighted by Gasteiger charge is -2.39. The monoisotopic (exact) mass is 419 g/mol. The van der Waals surface area contributed by atoms with Crippen LogP contribution in [0.15, 0.2) is 18.2 Å². The molecule has 1 N–H and O–H groups in total. The van der Waals surface area contributed by atoms with E-state index in [9.17, 15) is 23.6 Å². The number of aryl methyl sites for hydroxylation is 1. The van der Waals surface area contributed by atoms with Crippen LogP contribution in [0, 0.1) is 18.7 Å². The zero-order valence-corrected chi connectivity index (χ0v) is 17.5. The second-order valence-electron chi connectivity index (χ2n) is 8.23. The average Bonchev–Trinajstić information content (AvgIpc) is 2.88. The minimum absolute atomic E-state index is 0.143. The smallest absolute Gasteiger partial charge is 0.418 e. The van der Waals surface area contributed by atoms with Gasteiger partial charge in [0, 0.05) is 32.0 Å². The molecule has 8 nitrogen and oxygen atoms in total. The van der Waals surface area contributed by atoms with Gasteiger partial charge in [0.1, 0.15) is 12.4 Å². The maximum atomic E-state index is 13.6. The number of hydrogen-bond acceptors (Lipinski definition) is 5. The summed E-state index contributed by atoms with van der Waals surface area (Å²) < 4.78 is 18.6. The lowest BCUT2D eigenvalue weighted by atomic mass is 9.78. The van der Waals surface area contributed by atoms with E-state index in [-0.39, 0.29) is 30.1 Å². The van der Waals surface area contributed by atoms with Gasteiger partial charge in [-0.3, -0.25) is 14.4 Å². The predicted octanol–water partition coefficient (Wildman–Crippen LogP) is 1.57. The molecule has 9 heteroatoms. The van der Waals surface area contributed by atoms with E-state index in [1.54, 1.807) is 24.9 Å². The second-order valence-corrected chi connectivity index (χ2v) is 8.23. The molecule has 0 aromatic heterocycles. The number of carbonyl (C=O) groups is 4. The summed E-state index contributed by atoms with van der Waals surface area (Å²) >= 11 is 0. The maximum absolute atomic E-state index is 13.6. The summed E-state index contributed by atoms with van der Waals surface area (Å²) in [4.78, 5) is 52.0. The summed E-state index contributed by atoms with van der Waals surface area (Å²) in [5.41, 5.74) is 0.195. The van der Waals surface area contributed by atoms with Gasteiger partial charge in [0.05, 0.1) is 0 Å². The number of amides is 4. The number of cyclic esters (lactones) is 1. The number of nitrogens with one attached hydrogen (secondary N) is 1. The van der Waals surface area contributed by atoms with Crippen LogP contribution in [0.5, 0.6) is 0 Å². The Balaban J connectivity index is 1.81. The van der Waals surface area contributed by atoms with E-state index in [0.29, 0.717) is 18.5 Å². The molecule has 2 fully saturated rings. The van der Waals surface area contributed by atoms with Gasteiger partial charge in [0.15, 0.2) is 5.60 Å². The highest BCUT2D eigenvalue weighted by atomic mass is 19.1. The Morgan fingerprint density at radius 2 is 2.00 bits per heavy atom. The molecule has 2 unspecified atom stereocenters. The molecule has 1 aromatic rings. The molecule has 2 heterocycles. The Morgan fingerprint density at radius 1 is 1.30 bits per heavy atom. The second kappa shape index (κ2) is 8.04. The van der Waals surface area contributed by atoms with Crippen molar-refractivity contribution in [1.82, 2.24) is 15.1 Å². The SMILES string of the molecule is CNC(=O)C1CCN(C(=O)CN2C(=O)OC(C)(C)C2=O)CC1c1ccc(F)cc1C. The quantitative estimate of drug-likeness (QED) is 0.799. The summed E-state index contributed by atoms with van der Waals surface area (Å²) in [5.74, 6) is -2.19. The zero-order chi connectivity index (χ0) is 22.2. The van der Waals surface area contributed by atoms with Crippen LogP contribution in [-0.2, 0) is 19.1 Å². The van der Waals surface area contributed by atoms with Crippen molar-refractivity contribution in [2.24, 2.45) is 5.92 Å². The van der Waals surface area contributed by atoms with Gasteiger partial charge in [-0.2, -0.15) is 0 Å². The molecule has 0 bridgehead atoms. The van der Waals surface area contributed by atoms with Crippen molar-refractivity contribution in [2.45, 2.75) is 38.7 Å². The molecular weight excluding hydrogens is 393 g/mol. The van der Waals surface area contributed by atoms with Crippen molar-refractivity contribution in [3.05, 3.63) is 35.1 Å². The molecule has 0 radical (unpaired) electrons. The first-order valence-corrected chi connectivity index (χ1v) is 9.85. The van der Waals surface area contributed by atoms with Crippen molar-refractivity contribution >= 4 is 23.8 Å². The molecule has 3 rings (SSSR count). The fourth-order valence-electron chi connectivity index (χ4n) is 4.14. The Bertz CT molecular complexity index is 901. The molecule has 162 valence electrons. The topological polar surface area (TPSA) is 96.0 Å². The Kier molecular flexibility index (Phi) is 5.83. The first-order chi connectivity index (χ1) is 14.0. The molecular formula is C21H26FN3O5. The average molecular weight is 419 g/mol. The zero-order valence-electron chi connectivity index (χ0n) is 17.5. The highest BCUT2D eigenvalue weighted by Crippen LogP contribution is 2.35.